The molecule has 2 aromatic rings. The summed E-state index contributed by atoms with van der Waals surface area (Å²) in [6.07, 6.45) is 2.28. The zero-order chi connectivity index (χ0) is 17.6. The molecule has 1 saturated heterocycles. The molecule has 0 unspecified atom stereocenters. The van der Waals surface area contributed by atoms with Gasteiger partial charge < -0.3 is 15.1 Å². The molecule has 1 N–H and O–H groups in total. The molecule has 0 radical (unpaired) electrons. The molecule has 0 aliphatic carbocycles. The number of anilines is 2. The van der Waals surface area contributed by atoms with Crippen LogP contribution in [0.5, 0.6) is 0 Å². The van der Waals surface area contributed by atoms with Gasteiger partial charge in [0, 0.05) is 56.1 Å². The number of carbonyl (C=O) groups is 1. The number of halogens is 1. The van der Waals surface area contributed by atoms with Gasteiger partial charge in [-0.3, -0.25) is 4.79 Å². The minimum absolute atomic E-state index is 0.186. The van der Waals surface area contributed by atoms with E-state index in [1.165, 1.54) is 0 Å². The second-order valence-corrected chi connectivity index (χ2v) is 6.60. The van der Waals surface area contributed by atoms with Crippen molar-refractivity contribution in [3.05, 3.63) is 53.2 Å². The van der Waals surface area contributed by atoms with Crippen molar-refractivity contribution in [3.8, 4) is 0 Å². The molecule has 2 heterocycles. The molecule has 0 bridgehead atoms. The first kappa shape index (κ1) is 17.5. The third kappa shape index (κ3) is 4.63. The molecule has 132 valence electrons. The summed E-state index contributed by atoms with van der Waals surface area (Å²) in [6.45, 7) is 5.71. The monoisotopic (exact) mass is 358 g/mol. The number of nitrogens with one attached hydrogen (secondary N) is 1. The molecule has 5 nitrogen and oxygen atoms in total. The van der Waals surface area contributed by atoms with E-state index in [1.807, 2.05) is 48.2 Å². The van der Waals surface area contributed by atoms with Gasteiger partial charge in [0.05, 0.1) is 0 Å². The van der Waals surface area contributed by atoms with Gasteiger partial charge in [0.15, 0.2) is 0 Å². The van der Waals surface area contributed by atoms with Crippen LogP contribution in [0.15, 0.2) is 42.6 Å². The molecule has 3 rings (SSSR count). The van der Waals surface area contributed by atoms with Crippen LogP contribution in [0.25, 0.3) is 0 Å². The van der Waals surface area contributed by atoms with E-state index in [1.54, 1.807) is 6.20 Å². The molecule has 1 aromatic heterocycles. The van der Waals surface area contributed by atoms with Gasteiger partial charge >= 0.3 is 0 Å². The average molecular weight is 359 g/mol. The predicted molar refractivity (Wildman–Crippen MR) is 102 cm³/mol. The van der Waals surface area contributed by atoms with Crippen molar-refractivity contribution < 1.29 is 4.79 Å². The summed E-state index contributed by atoms with van der Waals surface area (Å²) in [5.41, 5.74) is 2.00. The zero-order valence-corrected chi connectivity index (χ0v) is 15.2. The van der Waals surface area contributed by atoms with Gasteiger partial charge in [0.1, 0.15) is 5.82 Å². The Morgan fingerprint density at radius 3 is 2.68 bits per heavy atom. The molecule has 1 amide bonds. The van der Waals surface area contributed by atoms with Crippen LogP contribution in [0.1, 0.15) is 12.0 Å². The lowest BCUT2D eigenvalue weighted by atomic mass is 10.2. The number of benzene rings is 1. The number of hydrogen-bond donors (Lipinski definition) is 1. The zero-order valence-electron chi connectivity index (χ0n) is 14.4. The van der Waals surface area contributed by atoms with E-state index >= 15 is 0 Å². The minimum atomic E-state index is 0.186. The highest BCUT2D eigenvalue weighted by Gasteiger charge is 2.21. The lowest BCUT2D eigenvalue weighted by Gasteiger charge is -2.35. The number of aryl methyl sites for hydroxylation is 1. The predicted octanol–water partition coefficient (Wildman–Crippen LogP) is 3.19. The summed E-state index contributed by atoms with van der Waals surface area (Å²) >= 11 is 6.12. The van der Waals surface area contributed by atoms with Crippen LogP contribution < -0.4 is 10.2 Å². The average Bonchev–Trinajstić information content (AvgIpc) is 2.65. The van der Waals surface area contributed by atoms with Crippen molar-refractivity contribution >= 4 is 29.0 Å². The highest BCUT2D eigenvalue weighted by atomic mass is 35.5. The standard InChI is InChI=1S/C19H23ClN4O/c1-15-5-6-16(14-17(15)20)21-9-7-19(25)24-12-10-23(11-13-24)18-4-2-3-8-22-18/h2-6,8,14,21H,7,9-13H2,1H3. The molecular formula is C19H23ClN4O. The summed E-state index contributed by atoms with van der Waals surface area (Å²) in [5.74, 6) is 1.17. The quantitative estimate of drug-likeness (QED) is 0.891. The maximum absolute atomic E-state index is 12.4. The highest BCUT2D eigenvalue weighted by molar-refractivity contribution is 6.31. The van der Waals surface area contributed by atoms with E-state index in [-0.39, 0.29) is 5.91 Å². The number of hydrogen-bond acceptors (Lipinski definition) is 4. The van der Waals surface area contributed by atoms with Crippen LogP contribution in [0.4, 0.5) is 11.5 Å². The lowest BCUT2D eigenvalue weighted by molar-refractivity contribution is -0.131. The topological polar surface area (TPSA) is 48.5 Å². The molecule has 0 atom stereocenters. The van der Waals surface area contributed by atoms with Crippen molar-refractivity contribution in [1.29, 1.82) is 0 Å². The van der Waals surface area contributed by atoms with Gasteiger partial charge in [0.2, 0.25) is 5.91 Å². The molecule has 0 spiro atoms. The summed E-state index contributed by atoms with van der Waals surface area (Å²) in [5, 5.41) is 4.00. The third-order valence-electron chi connectivity index (χ3n) is 4.45. The molecule has 1 aromatic carbocycles. The minimum Gasteiger partial charge on any atom is -0.384 e. The maximum Gasteiger partial charge on any atom is 0.224 e. The highest BCUT2D eigenvalue weighted by Crippen LogP contribution is 2.20. The smallest absolute Gasteiger partial charge is 0.224 e. The fourth-order valence-electron chi connectivity index (χ4n) is 2.90. The fourth-order valence-corrected chi connectivity index (χ4v) is 3.08. The number of nitrogens with zero attached hydrogens (tertiary/aromatic N) is 3. The van der Waals surface area contributed by atoms with Gasteiger partial charge in [0.25, 0.3) is 0 Å². The van der Waals surface area contributed by atoms with Gasteiger partial charge in [-0.25, -0.2) is 4.98 Å². The largest absolute Gasteiger partial charge is 0.384 e. The first-order chi connectivity index (χ1) is 12.1. The summed E-state index contributed by atoms with van der Waals surface area (Å²) < 4.78 is 0. The van der Waals surface area contributed by atoms with Crippen molar-refractivity contribution in [2.24, 2.45) is 0 Å². The molecule has 25 heavy (non-hydrogen) atoms. The number of piperazine rings is 1. The Morgan fingerprint density at radius 2 is 2.00 bits per heavy atom. The third-order valence-corrected chi connectivity index (χ3v) is 4.85. The van der Waals surface area contributed by atoms with Gasteiger partial charge in [-0.2, -0.15) is 0 Å². The number of carbonyl (C=O) groups excluding carboxylic acids is 1. The Kier molecular flexibility index (Phi) is 5.76. The molecule has 0 saturated carbocycles. The van der Waals surface area contributed by atoms with E-state index in [2.05, 4.69) is 15.2 Å². The molecular weight excluding hydrogens is 336 g/mol. The van der Waals surface area contributed by atoms with E-state index in [4.69, 9.17) is 11.6 Å². The Labute approximate surface area is 153 Å². The first-order valence-electron chi connectivity index (χ1n) is 8.57. The summed E-state index contributed by atoms with van der Waals surface area (Å²) in [7, 11) is 0. The molecule has 1 aliphatic heterocycles. The van der Waals surface area contributed by atoms with Crippen LogP contribution >= 0.6 is 11.6 Å². The number of rotatable bonds is 5. The van der Waals surface area contributed by atoms with Crippen molar-refractivity contribution in [1.82, 2.24) is 9.88 Å². The van der Waals surface area contributed by atoms with Crippen molar-refractivity contribution in [2.75, 3.05) is 42.9 Å². The van der Waals surface area contributed by atoms with Crippen molar-refractivity contribution in [2.45, 2.75) is 13.3 Å². The number of aromatic nitrogens is 1. The number of amides is 1. The van der Waals surface area contributed by atoms with E-state index < -0.39 is 0 Å². The fraction of sp³-hybridized carbons (Fsp3) is 0.368. The van der Waals surface area contributed by atoms with Crippen LogP contribution in [0, 0.1) is 6.92 Å². The van der Waals surface area contributed by atoms with Crippen LogP contribution in [-0.2, 0) is 4.79 Å². The Hall–Kier alpha value is -2.27. The van der Waals surface area contributed by atoms with Crippen LogP contribution in [0.3, 0.4) is 0 Å². The second kappa shape index (κ2) is 8.21. The van der Waals surface area contributed by atoms with Crippen LogP contribution in [0.2, 0.25) is 5.02 Å². The molecule has 1 aliphatic rings. The van der Waals surface area contributed by atoms with E-state index in [9.17, 15) is 4.79 Å². The van der Waals surface area contributed by atoms with Gasteiger partial charge in [-0.05, 0) is 36.8 Å². The Balaban J connectivity index is 1.43. The van der Waals surface area contributed by atoms with E-state index in [0.717, 1.165) is 48.3 Å². The second-order valence-electron chi connectivity index (χ2n) is 6.20. The van der Waals surface area contributed by atoms with Crippen molar-refractivity contribution in [3.63, 3.8) is 0 Å². The lowest BCUT2D eigenvalue weighted by Crippen LogP contribution is -2.49. The van der Waals surface area contributed by atoms with Crippen LogP contribution in [-0.4, -0.2) is 48.5 Å². The maximum atomic E-state index is 12.4. The summed E-state index contributed by atoms with van der Waals surface area (Å²) in [4.78, 5) is 20.9. The SMILES string of the molecule is Cc1ccc(NCCC(=O)N2CCN(c3ccccn3)CC2)cc1Cl. The molecule has 6 heteroatoms. The normalized spacial score (nSPS) is 14.5. The summed E-state index contributed by atoms with van der Waals surface area (Å²) in [6, 6.07) is 11.8. The Morgan fingerprint density at radius 1 is 1.20 bits per heavy atom. The van der Waals surface area contributed by atoms with Gasteiger partial charge in [-0.15, -0.1) is 0 Å². The number of pyridine rings is 1. The molecule has 1 fully saturated rings. The first-order valence-corrected chi connectivity index (χ1v) is 8.95. The Bertz CT molecular complexity index is 715. The van der Waals surface area contributed by atoms with Gasteiger partial charge in [-0.1, -0.05) is 23.7 Å². The van der Waals surface area contributed by atoms with E-state index in [0.29, 0.717) is 13.0 Å².